The topological polar surface area (TPSA) is 94.2 Å². The highest BCUT2D eigenvalue weighted by Crippen LogP contribution is 2.16. The van der Waals surface area contributed by atoms with Gasteiger partial charge in [0.15, 0.2) is 5.92 Å². The Morgan fingerprint density at radius 2 is 1.23 bits per heavy atom. The van der Waals surface area contributed by atoms with Crippen molar-refractivity contribution >= 4 is 17.9 Å². The van der Waals surface area contributed by atoms with Crippen LogP contribution in [0.3, 0.4) is 0 Å². The number of nitrogens with zero attached hydrogens (tertiary/aromatic N) is 1. The molecule has 0 unspecified atom stereocenters. The van der Waals surface area contributed by atoms with Crippen LogP contribution in [0, 0.1) is 5.92 Å². The highest BCUT2D eigenvalue weighted by molar-refractivity contribution is 5.95. The van der Waals surface area contributed by atoms with Crippen molar-refractivity contribution in [2.45, 2.75) is 86.0 Å². The Kier molecular flexibility index (Phi) is 11.0. The first-order valence-electron chi connectivity index (χ1n) is 10.5. The number of likely N-dealkylation sites (N-methyl/N-ethyl adjacent to an activating group) is 1. The van der Waals surface area contributed by atoms with Crippen LogP contribution in [0.25, 0.3) is 0 Å². The van der Waals surface area contributed by atoms with Crippen LogP contribution >= 0.6 is 0 Å². The molecule has 8 nitrogen and oxygen atoms in total. The van der Waals surface area contributed by atoms with E-state index >= 15 is 0 Å². The Balaban J connectivity index is 4.80. The summed E-state index contributed by atoms with van der Waals surface area (Å²) >= 11 is 0. The first-order chi connectivity index (χ1) is 13.4. The highest BCUT2D eigenvalue weighted by atomic mass is 16.6. The van der Waals surface area contributed by atoms with E-state index in [0.29, 0.717) is 19.6 Å². The zero-order valence-corrected chi connectivity index (χ0v) is 20.5. The average Bonchev–Trinajstić information content (AvgIpc) is 2.47. The van der Waals surface area contributed by atoms with Crippen molar-refractivity contribution in [2.75, 3.05) is 32.7 Å². The van der Waals surface area contributed by atoms with Crippen molar-refractivity contribution in [2.24, 2.45) is 5.92 Å². The Hall–Kier alpha value is -1.67. The molecule has 0 radical (unpaired) electrons. The molecule has 0 aliphatic heterocycles. The molecule has 0 aromatic carbocycles. The van der Waals surface area contributed by atoms with Crippen molar-refractivity contribution in [3.05, 3.63) is 0 Å². The summed E-state index contributed by atoms with van der Waals surface area (Å²) in [5.74, 6) is -2.59. The smallest absolute Gasteiger partial charge is 0.322 e. The molecule has 0 atom stereocenters. The van der Waals surface area contributed by atoms with Gasteiger partial charge in [0.25, 0.3) is 0 Å². The quantitative estimate of drug-likeness (QED) is 0.245. The Morgan fingerprint density at radius 3 is 1.60 bits per heavy atom. The lowest BCUT2D eigenvalue weighted by molar-refractivity contribution is -0.174. The maximum absolute atomic E-state index is 12.5. The lowest BCUT2D eigenvalue weighted by Gasteiger charge is -2.27. The van der Waals surface area contributed by atoms with E-state index in [9.17, 15) is 14.4 Å². The summed E-state index contributed by atoms with van der Waals surface area (Å²) in [6.45, 7) is 19.9. The molecule has 8 heteroatoms. The molecule has 176 valence electrons. The van der Waals surface area contributed by atoms with Crippen molar-refractivity contribution in [1.82, 2.24) is 10.2 Å². The van der Waals surface area contributed by atoms with Crippen molar-refractivity contribution in [1.29, 1.82) is 0 Å². The van der Waals surface area contributed by atoms with E-state index in [0.717, 1.165) is 0 Å². The van der Waals surface area contributed by atoms with Gasteiger partial charge in [0.1, 0.15) is 16.8 Å². The standard InChI is InChI=1S/C22H42N2O6/c1-11-24(15-17(25)28-20(2,3)4)13-12-23-14-16(18(26)29-21(5,6)7)19(27)30-22(8,9)10/h16,23H,11-15H2,1-10H3. The molecule has 0 spiro atoms. The van der Waals surface area contributed by atoms with Crippen LogP contribution in [0.5, 0.6) is 0 Å². The first-order valence-corrected chi connectivity index (χ1v) is 10.5. The van der Waals surface area contributed by atoms with Crippen LogP contribution in [0.4, 0.5) is 0 Å². The van der Waals surface area contributed by atoms with E-state index in [2.05, 4.69) is 5.32 Å². The second-order valence-corrected chi connectivity index (χ2v) is 10.3. The number of rotatable bonds is 10. The van der Waals surface area contributed by atoms with E-state index in [1.54, 1.807) is 41.5 Å². The fourth-order valence-corrected chi connectivity index (χ4v) is 2.40. The fourth-order valence-electron chi connectivity index (χ4n) is 2.40. The normalized spacial score (nSPS) is 12.8. The number of esters is 3. The van der Waals surface area contributed by atoms with Crippen molar-refractivity contribution < 1.29 is 28.6 Å². The van der Waals surface area contributed by atoms with Crippen molar-refractivity contribution in [3.8, 4) is 0 Å². The molecule has 0 bridgehead atoms. The summed E-state index contributed by atoms with van der Waals surface area (Å²) in [6, 6.07) is 0. The van der Waals surface area contributed by atoms with Gasteiger partial charge in [0, 0.05) is 19.6 Å². The summed E-state index contributed by atoms with van der Waals surface area (Å²) in [7, 11) is 0. The molecule has 0 fully saturated rings. The molecule has 0 amide bonds. The van der Waals surface area contributed by atoms with Crippen molar-refractivity contribution in [3.63, 3.8) is 0 Å². The molecule has 1 N–H and O–H groups in total. The summed E-state index contributed by atoms with van der Waals surface area (Å²) in [6.07, 6.45) is 0. The van der Waals surface area contributed by atoms with Gasteiger partial charge >= 0.3 is 17.9 Å². The molecule has 0 heterocycles. The summed E-state index contributed by atoms with van der Waals surface area (Å²) in [4.78, 5) is 39.0. The number of hydrogen-bond donors (Lipinski definition) is 1. The molecular formula is C22H42N2O6. The zero-order valence-electron chi connectivity index (χ0n) is 20.5. The van der Waals surface area contributed by atoms with Crippen LogP contribution in [-0.4, -0.2) is 72.3 Å². The minimum Gasteiger partial charge on any atom is -0.459 e. The van der Waals surface area contributed by atoms with Crippen LogP contribution in [0.2, 0.25) is 0 Å². The van der Waals surface area contributed by atoms with E-state index < -0.39 is 34.7 Å². The molecule has 0 saturated heterocycles. The first kappa shape index (κ1) is 28.3. The third kappa shape index (κ3) is 14.3. The number of hydrogen-bond acceptors (Lipinski definition) is 8. The largest absolute Gasteiger partial charge is 0.459 e. The molecule has 0 aromatic heterocycles. The summed E-state index contributed by atoms with van der Waals surface area (Å²) in [5, 5.41) is 3.11. The van der Waals surface area contributed by atoms with Gasteiger partial charge in [-0.25, -0.2) is 0 Å². The number of carbonyl (C=O) groups is 3. The van der Waals surface area contributed by atoms with Gasteiger partial charge in [0.2, 0.25) is 0 Å². The predicted octanol–water partition coefficient (Wildman–Crippen LogP) is 2.54. The zero-order chi connectivity index (χ0) is 23.8. The van der Waals surface area contributed by atoms with Crippen LogP contribution < -0.4 is 5.32 Å². The van der Waals surface area contributed by atoms with Crippen LogP contribution in [0.1, 0.15) is 69.2 Å². The number of nitrogens with one attached hydrogen (secondary N) is 1. The Bertz CT molecular complexity index is 542. The highest BCUT2D eigenvalue weighted by Gasteiger charge is 2.34. The lowest BCUT2D eigenvalue weighted by Crippen LogP contribution is -2.44. The maximum Gasteiger partial charge on any atom is 0.322 e. The Labute approximate surface area is 182 Å². The third-order valence-corrected chi connectivity index (χ3v) is 3.56. The van der Waals surface area contributed by atoms with E-state index in [1.165, 1.54) is 0 Å². The average molecular weight is 431 g/mol. The monoisotopic (exact) mass is 430 g/mol. The van der Waals surface area contributed by atoms with Gasteiger partial charge in [-0.05, 0) is 68.9 Å². The predicted molar refractivity (Wildman–Crippen MR) is 116 cm³/mol. The SMILES string of the molecule is CCN(CCNCC(C(=O)OC(C)(C)C)C(=O)OC(C)(C)C)CC(=O)OC(C)(C)C. The van der Waals surface area contributed by atoms with E-state index in [4.69, 9.17) is 14.2 Å². The minimum absolute atomic E-state index is 0.0911. The lowest BCUT2D eigenvalue weighted by atomic mass is 10.1. The number of carbonyl (C=O) groups excluding carboxylic acids is 3. The number of ether oxygens (including phenoxy) is 3. The van der Waals surface area contributed by atoms with Crippen LogP contribution in [0.15, 0.2) is 0 Å². The van der Waals surface area contributed by atoms with Gasteiger partial charge in [-0.15, -0.1) is 0 Å². The second kappa shape index (κ2) is 11.6. The molecule has 0 aliphatic carbocycles. The molecule has 0 saturated carbocycles. The summed E-state index contributed by atoms with van der Waals surface area (Å²) < 4.78 is 16.1. The molecule has 30 heavy (non-hydrogen) atoms. The second-order valence-electron chi connectivity index (χ2n) is 10.3. The maximum atomic E-state index is 12.5. The summed E-state index contributed by atoms with van der Waals surface area (Å²) in [5.41, 5.74) is -1.93. The molecule has 0 rings (SSSR count). The van der Waals surface area contributed by atoms with Gasteiger partial charge < -0.3 is 19.5 Å². The molecule has 0 aromatic rings. The molecular weight excluding hydrogens is 388 g/mol. The molecule has 0 aliphatic rings. The van der Waals surface area contributed by atoms with Gasteiger partial charge in [0.05, 0.1) is 6.54 Å². The van der Waals surface area contributed by atoms with Gasteiger partial charge in [-0.3, -0.25) is 19.3 Å². The van der Waals surface area contributed by atoms with E-state index in [-0.39, 0.29) is 19.1 Å². The Morgan fingerprint density at radius 1 is 0.800 bits per heavy atom. The minimum atomic E-state index is -1.07. The van der Waals surface area contributed by atoms with E-state index in [1.807, 2.05) is 32.6 Å². The van der Waals surface area contributed by atoms with Crippen LogP contribution in [-0.2, 0) is 28.6 Å². The van der Waals surface area contributed by atoms with Gasteiger partial charge in [-0.2, -0.15) is 0 Å². The fraction of sp³-hybridized carbons (Fsp3) is 0.864. The third-order valence-electron chi connectivity index (χ3n) is 3.56. The van der Waals surface area contributed by atoms with Gasteiger partial charge in [-0.1, -0.05) is 6.92 Å².